The monoisotopic (exact) mass is 151 g/mol. The van der Waals surface area contributed by atoms with Crippen LogP contribution < -0.4 is 0 Å². The molecule has 0 aliphatic carbocycles. The highest BCUT2D eigenvalue weighted by Crippen LogP contribution is 2.01. The Labute approximate surface area is 67.1 Å². The van der Waals surface area contributed by atoms with Crippen LogP contribution in [0.1, 0.15) is 20.8 Å². The maximum Gasteiger partial charge on any atom is 0.149 e. The number of rotatable bonds is 3. The fourth-order valence-corrected chi connectivity index (χ4v) is 0.539. The van der Waals surface area contributed by atoms with E-state index in [9.17, 15) is 4.79 Å². The first-order valence-corrected chi connectivity index (χ1v) is 3.44. The van der Waals surface area contributed by atoms with Gasteiger partial charge >= 0.3 is 0 Å². The van der Waals surface area contributed by atoms with Gasteiger partial charge in [0.2, 0.25) is 0 Å². The molecule has 0 fully saturated rings. The van der Waals surface area contributed by atoms with Crippen molar-refractivity contribution < 1.29 is 4.79 Å². The van der Waals surface area contributed by atoms with Crippen molar-refractivity contribution in [2.24, 2.45) is 0 Å². The molecule has 0 heterocycles. The first-order chi connectivity index (χ1) is 5.07. The van der Waals surface area contributed by atoms with Crippen LogP contribution in [0.15, 0.2) is 23.3 Å². The summed E-state index contributed by atoms with van der Waals surface area (Å²) in [5.41, 5.74) is 2.07. The number of carbonyl (C=O) groups is 1. The van der Waals surface area contributed by atoms with Crippen LogP contribution in [0, 0.1) is 5.41 Å². The van der Waals surface area contributed by atoms with E-state index in [0.717, 1.165) is 11.9 Å². The number of aldehydes is 1. The Hall–Kier alpha value is -1.18. The number of hydrogen-bond donors (Lipinski definition) is 1. The smallest absolute Gasteiger partial charge is 0.149 e. The molecule has 0 radical (unpaired) electrons. The van der Waals surface area contributed by atoms with Gasteiger partial charge in [0.05, 0.1) is 0 Å². The zero-order valence-corrected chi connectivity index (χ0v) is 7.14. The molecule has 0 bridgehead atoms. The van der Waals surface area contributed by atoms with E-state index < -0.39 is 0 Å². The van der Waals surface area contributed by atoms with Gasteiger partial charge in [0.15, 0.2) is 0 Å². The summed E-state index contributed by atoms with van der Waals surface area (Å²) in [7, 11) is 0. The molecule has 1 N–H and O–H groups in total. The normalized spacial score (nSPS) is 9.73. The molecule has 0 amide bonds. The second kappa shape index (κ2) is 4.61. The predicted molar refractivity (Wildman–Crippen MR) is 47.0 cm³/mol. The van der Waals surface area contributed by atoms with Gasteiger partial charge in [-0.2, -0.15) is 0 Å². The van der Waals surface area contributed by atoms with Gasteiger partial charge in [-0.25, -0.2) is 0 Å². The molecule has 0 saturated carbocycles. The minimum Gasteiger partial charge on any atom is -0.306 e. The number of carbonyl (C=O) groups excluding carboxylic acids is 1. The summed E-state index contributed by atoms with van der Waals surface area (Å²) in [4.78, 5) is 10.4. The lowest BCUT2D eigenvalue weighted by atomic mass is 10.1. The van der Waals surface area contributed by atoms with E-state index in [-0.39, 0.29) is 0 Å². The van der Waals surface area contributed by atoms with Crippen molar-refractivity contribution in [2.75, 3.05) is 0 Å². The van der Waals surface area contributed by atoms with Crippen molar-refractivity contribution in [1.29, 1.82) is 5.41 Å². The van der Waals surface area contributed by atoms with Crippen molar-refractivity contribution in [2.45, 2.75) is 20.8 Å². The van der Waals surface area contributed by atoms with Crippen molar-refractivity contribution in [3.05, 3.63) is 23.3 Å². The van der Waals surface area contributed by atoms with E-state index in [0.29, 0.717) is 11.3 Å². The molecular weight excluding hydrogens is 138 g/mol. The lowest BCUT2D eigenvalue weighted by Gasteiger charge is -1.92. The highest BCUT2D eigenvalue weighted by atomic mass is 16.1. The average molecular weight is 151 g/mol. The van der Waals surface area contributed by atoms with Gasteiger partial charge in [-0.3, -0.25) is 4.79 Å². The highest BCUT2D eigenvalue weighted by molar-refractivity contribution is 5.92. The summed E-state index contributed by atoms with van der Waals surface area (Å²) in [6.45, 7) is 5.41. The molecule has 0 spiro atoms. The van der Waals surface area contributed by atoms with Gasteiger partial charge in [-0.05, 0) is 26.8 Å². The molecule has 2 heteroatoms. The molecule has 0 saturated heterocycles. The van der Waals surface area contributed by atoms with Gasteiger partial charge in [0.1, 0.15) is 6.29 Å². The molecule has 0 aliphatic heterocycles. The van der Waals surface area contributed by atoms with E-state index in [2.05, 4.69) is 0 Å². The lowest BCUT2D eigenvalue weighted by molar-refractivity contribution is -0.104. The minimum atomic E-state index is 0.450. The number of allylic oxidation sites excluding steroid dienone is 4. The fraction of sp³-hybridized carbons (Fsp3) is 0.333. The molecule has 0 atom stereocenters. The Morgan fingerprint density at radius 1 is 1.18 bits per heavy atom. The quantitative estimate of drug-likeness (QED) is 0.285. The molecule has 11 heavy (non-hydrogen) atoms. The lowest BCUT2D eigenvalue weighted by Crippen LogP contribution is -1.85. The highest BCUT2D eigenvalue weighted by Gasteiger charge is 1.90. The van der Waals surface area contributed by atoms with Crippen LogP contribution in [0.25, 0.3) is 0 Å². The topological polar surface area (TPSA) is 40.9 Å². The second-order valence-electron chi connectivity index (χ2n) is 2.59. The van der Waals surface area contributed by atoms with E-state index in [1.165, 1.54) is 0 Å². The van der Waals surface area contributed by atoms with Crippen molar-refractivity contribution in [3.63, 3.8) is 0 Å². The van der Waals surface area contributed by atoms with Gasteiger partial charge in [-0.1, -0.05) is 11.6 Å². The third-order valence-corrected chi connectivity index (χ3v) is 1.22. The largest absolute Gasteiger partial charge is 0.306 e. The minimum absolute atomic E-state index is 0.450. The van der Waals surface area contributed by atoms with E-state index in [1.807, 2.05) is 13.8 Å². The zero-order valence-electron chi connectivity index (χ0n) is 7.14. The molecule has 0 aromatic heterocycles. The fourth-order valence-electron chi connectivity index (χ4n) is 0.539. The molecule has 0 unspecified atom stereocenters. The molecular formula is C9H13NO. The Bertz CT molecular complexity index is 220. The number of nitrogens with one attached hydrogen (secondary N) is 1. The van der Waals surface area contributed by atoms with Crippen LogP contribution in [0.4, 0.5) is 0 Å². The van der Waals surface area contributed by atoms with Crippen LogP contribution in [-0.2, 0) is 4.79 Å². The van der Waals surface area contributed by atoms with Crippen molar-refractivity contribution in [3.8, 4) is 0 Å². The standard InChI is InChI=1S/C9H13NO/c1-7(2)9(6-11)5-4-8(3)10/h4-6,10H,1-3H3/b5-4-,10-8?. The Kier molecular flexibility index (Phi) is 4.11. The predicted octanol–water partition coefficient (Wildman–Crippen LogP) is 2.12. The maximum absolute atomic E-state index is 10.4. The van der Waals surface area contributed by atoms with E-state index in [4.69, 9.17) is 5.41 Å². The molecule has 0 aromatic carbocycles. The third kappa shape index (κ3) is 4.25. The Morgan fingerprint density at radius 2 is 1.73 bits per heavy atom. The van der Waals surface area contributed by atoms with E-state index >= 15 is 0 Å². The Morgan fingerprint density at radius 3 is 2.00 bits per heavy atom. The van der Waals surface area contributed by atoms with Gasteiger partial charge < -0.3 is 5.41 Å². The van der Waals surface area contributed by atoms with Crippen LogP contribution in [-0.4, -0.2) is 12.0 Å². The summed E-state index contributed by atoms with van der Waals surface area (Å²) in [5.74, 6) is 0. The van der Waals surface area contributed by atoms with Gasteiger partial charge in [0.25, 0.3) is 0 Å². The third-order valence-electron chi connectivity index (χ3n) is 1.22. The molecule has 60 valence electrons. The maximum atomic E-state index is 10.4. The molecule has 0 aromatic rings. The first-order valence-electron chi connectivity index (χ1n) is 3.44. The van der Waals surface area contributed by atoms with Gasteiger partial charge in [-0.15, -0.1) is 0 Å². The van der Waals surface area contributed by atoms with Crippen LogP contribution >= 0.6 is 0 Å². The Balaban J connectivity index is 4.46. The molecule has 0 rings (SSSR count). The first kappa shape index (κ1) is 9.82. The second-order valence-corrected chi connectivity index (χ2v) is 2.59. The number of hydrogen-bond acceptors (Lipinski definition) is 2. The summed E-state index contributed by atoms with van der Waals surface area (Å²) in [5, 5.41) is 7.08. The molecule has 0 aliphatic rings. The van der Waals surface area contributed by atoms with Crippen LogP contribution in [0.2, 0.25) is 0 Å². The summed E-state index contributed by atoms with van der Waals surface area (Å²) in [6, 6.07) is 0. The summed E-state index contributed by atoms with van der Waals surface area (Å²) < 4.78 is 0. The average Bonchev–Trinajstić information content (AvgIpc) is 1.87. The SMILES string of the molecule is CC(=N)/C=C\C(C=O)=C(C)C. The van der Waals surface area contributed by atoms with Crippen molar-refractivity contribution in [1.82, 2.24) is 0 Å². The molecule has 2 nitrogen and oxygen atoms in total. The summed E-state index contributed by atoms with van der Waals surface area (Å²) in [6.07, 6.45) is 4.07. The zero-order chi connectivity index (χ0) is 8.85. The van der Waals surface area contributed by atoms with E-state index in [1.54, 1.807) is 19.1 Å². The van der Waals surface area contributed by atoms with Gasteiger partial charge in [0, 0.05) is 11.3 Å². The van der Waals surface area contributed by atoms with Crippen molar-refractivity contribution >= 4 is 12.0 Å². The van der Waals surface area contributed by atoms with Crippen LogP contribution in [0.5, 0.6) is 0 Å². The van der Waals surface area contributed by atoms with Crippen LogP contribution in [0.3, 0.4) is 0 Å². The summed E-state index contributed by atoms with van der Waals surface area (Å²) >= 11 is 0.